The van der Waals surface area contributed by atoms with Crippen LogP contribution in [0.4, 0.5) is 23.7 Å². The van der Waals surface area contributed by atoms with Gasteiger partial charge in [0.1, 0.15) is 16.5 Å². The number of thioether (sulfide) groups is 2. The minimum atomic E-state index is -4.70. The summed E-state index contributed by atoms with van der Waals surface area (Å²) in [6.45, 7) is 1.80. The van der Waals surface area contributed by atoms with Gasteiger partial charge < -0.3 is 0 Å². The van der Waals surface area contributed by atoms with Crippen LogP contribution in [-0.2, 0) is 22.7 Å². The predicted octanol–water partition coefficient (Wildman–Crippen LogP) is 7.88. The van der Waals surface area contributed by atoms with Crippen LogP contribution in [0.25, 0.3) is 11.1 Å². The first kappa shape index (κ1) is 31.8. The zero-order chi connectivity index (χ0) is 30.5. The van der Waals surface area contributed by atoms with Crippen molar-refractivity contribution in [1.82, 2.24) is 9.91 Å². The van der Waals surface area contributed by atoms with Gasteiger partial charge >= 0.3 is 12.2 Å². The number of hydrogen-bond acceptors (Lipinski definition) is 6. The number of para-hydroxylation sites is 1. The number of urea groups is 1. The number of hydrogen-bond donors (Lipinski definition) is 1. The molecule has 0 saturated carbocycles. The number of amides is 2. The third-order valence-corrected chi connectivity index (χ3v) is 10.1. The van der Waals surface area contributed by atoms with Crippen LogP contribution in [0, 0.1) is 0 Å². The summed E-state index contributed by atoms with van der Waals surface area (Å²) >= 11 is 2.47. The van der Waals surface area contributed by atoms with Crippen LogP contribution >= 0.6 is 23.5 Å². The van der Waals surface area contributed by atoms with E-state index in [4.69, 9.17) is 0 Å². The van der Waals surface area contributed by atoms with Crippen molar-refractivity contribution in [3.05, 3.63) is 83.9 Å². The smallest absolute Gasteiger partial charge is 0.256 e. The molecule has 1 heterocycles. The van der Waals surface area contributed by atoms with Crippen molar-refractivity contribution in [2.45, 2.75) is 43.8 Å². The summed E-state index contributed by atoms with van der Waals surface area (Å²) in [5.74, 6) is 0.338. The van der Waals surface area contributed by atoms with E-state index in [1.54, 1.807) is 55.0 Å². The zero-order valence-corrected chi connectivity index (χ0v) is 25.6. The first-order chi connectivity index (χ1) is 19.9. The molecule has 4 rings (SSSR count). The van der Waals surface area contributed by atoms with Gasteiger partial charge in [0.25, 0.3) is 10.0 Å². The number of alkyl halides is 3. The topological polar surface area (TPSA) is 88.0 Å². The second-order valence-electron chi connectivity index (χ2n) is 9.46. The van der Waals surface area contributed by atoms with Gasteiger partial charge in [0.05, 0.1) is 4.90 Å². The Hall–Kier alpha value is -3.13. The largest absolute Gasteiger partial charge is 0.454 e. The monoisotopic (exact) mass is 635 g/mol. The van der Waals surface area contributed by atoms with Crippen molar-refractivity contribution in [3.63, 3.8) is 0 Å². The number of unbranched alkanes of at least 4 members (excludes halogenated alkanes) is 1. The standard InChI is InChI=1S/C29H29F3N4O3S3/c1-4-5-14-26-33-27(37)36(34-26,24-12-8-7-11-23(24)29(30,31)32)19-20-15-17-21(18-16-20)22-10-6-9-13-25(22)42(38,39)35-28(40-2)41-3/h6-13,15-18H,4-5,14,19H2,1-3H3/p+1. The average Bonchev–Trinajstić information content (AvgIpc) is 3.30. The molecule has 0 fully saturated rings. The maximum Gasteiger partial charge on any atom is 0.454 e. The summed E-state index contributed by atoms with van der Waals surface area (Å²) in [6, 6.07) is 17.5. The lowest BCUT2D eigenvalue weighted by Gasteiger charge is -2.27. The molecular formula is C29H30F3N4O3S3+. The van der Waals surface area contributed by atoms with E-state index in [0.717, 1.165) is 18.9 Å². The highest BCUT2D eigenvalue weighted by molar-refractivity contribution is 8.38. The predicted molar refractivity (Wildman–Crippen MR) is 166 cm³/mol. The third-order valence-electron chi connectivity index (χ3n) is 6.64. The highest BCUT2D eigenvalue weighted by Gasteiger charge is 2.51. The summed E-state index contributed by atoms with van der Waals surface area (Å²) < 4.78 is 72.0. The lowest BCUT2D eigenvalue weighted by Crippen LogP contribution is -2.49. The molecule has 1 aliphatic heterocycles. The van der Waals surface area contributed by atoms with E-state index in [9.17, 15) is 26.4 Å². The number of carbonyl (C=O) groups excluding carboxylic acids is 1. The molecule has 1 atom stereocenters. The van der Waals surface area contributed by atoms with Gasteiger partial charge in [0.15, 0.2) is 11.5 Å². The number of amidine groups is 1. The lowest BCUT2D eigenvalue weighted by molar-refractivity contribution is -0.137. The molecule has 0 aliphatic carbocycles. The molecule has 13 heteroatoms. The van der Waals surface area contributed by atoms with Gasteiger partial charge in [-0.3, -0.25) is 5.32 Å². The van der Waals surface area contributed by atoms with Gasteiger partial charge in [-0.05, 0) is 36.6 Å². The maximum absolute atomic E-state index is 14.1. The van der Waals surface area contributed by atoms with Crippen molar-refractivity contribution in [2.24, 2.45) is 9.50 Å². The Bertz CT molecular complexity index is 1620. The fraction of sp³-hybridized carbons (Fsp3) is 0.276. The Kier molecular flexibility index (Phi) is 9.86. The number of quaternary nitrogens is 1. The molecule has 1 aliphatic rings. The lowest BCUT2D eigenvalue weighted by atomic mass is 10.0. The molecule has 1 unspecified atom stereocenters. The quantitative estimate of drug-likeness (QED) is 0.147. The number of nitrogens with one attached hydrogen (secondary N) is 1. The van der Waals surface area contributed by atoms with Crippen LogP contribution in [-0.4, -0.2) is 37.2 Å². The molecule has 0 aromatic heterocycles. The molecule has 1 N–H and O–H groups in total. The Balaban J connectivity index is 1.77. The fourth-order valence-corrected chi connectivity index (χ4v) is 7.49. The van der Waals surface area contributed by atoms with Crippen molar-refractivity contribution in [2.75, 3.05) is 12.5 Å². The van der Waals surface area contributed by atoms with Gasteiger partial charge in [0, 0.05) is 23.6 Å². The Morgan fingerprint density at radius 3 is 2.26 bits per heavy atom. The number of halogens is 3. The van der Waals surface area contributed by atoms with Crippen LogP contribution in [0.1, 0.15) is 37.3 Å². The number of sulfonamides is 1. The summed E-state index contributed by atoms with van der Waals surface area (Å²) in [6.07, 6.45) is 0.768. The summed E-state index contributed by atoms with van der Waals surface area (Å²) in [4.78, 5) is 13.5. The van der Waals surface area contributed by atoms with E-state index in [1.165, 1.54) is 47.8 Å². The molecule has 0 bridgehead atoms. The number of carbonyl (C=O) groups is 1. The van der Waals surface area contributed by atoms with Gasteiger partial charge in [-0.2, -0.15) is 21.6 Å². The number of benzene rings is 3. The van der Waals surface area contributed by atoms with Crippen LogP contribution in [0.5, 0.6) is 0 Å². The fourth-order valence-electron chi connectivity index (χ4n) is 4.63. The van der Waals surface area contributed by atoms with E-state index in [0.29, 0.717) is 33.3 Å². The van der Waals surface area contributed by atoms with Crippen LogP contribution in [0.2, 0.25) is 0 Å². The van der Waals surface area contributed by atoms with Crippen molar-refractivity contribution in [3.8, 4) is 11.1 Å². The minimum absolute atomic E-state index is 0.0324. The highest BCUT2D eigenvalue weighted by Crippen LogP contribution is 2.42. The van der Waals surface area contributed by atoms with Gasteiger partial charge in [-0.1, -0.05) is 77.6 Å². The van der Waals surface area contributed by atoms with Crippen LogP contribution in [0.3, 0.4) is 0 Å². The minimum Gasteiger partial charge on any atom is -0.256 e. The Morgan fingerprint density at radius 1 is 0.976 bits per heavy atom. The molecule has 222 valence electrons. The average molecular weight is 636 g/mol. The second-order valence-corrected chi connectivity index (χ2v) is 12.9. The number of rotatable bonds is 9. The molecule has 3 aromatic carbocycles. The second kappa shape index (κ2) is 13.0. The van der Waals surface area contributed by atoms with Crippen molar-refractivity contribution < 1.29 is 26.4 Å². The van der Waals surface area contributed by atoms with Gasteiger partial charge in [0.2, 0.25) is 0 Å². The molecule has 42 heavy (non-hydrogen) atoms. The molecule has 0 saturated heterocycles. The molecule has 0 spiro atoms. The summed E-state index contributed by atoms with van der Waals surface area (Å²) in [7, 11) is -4.01. The molecule has 2 amide bonds. The highest BCUT2D eigenvalue weighted by atomic mass is 32.2. The molecule has 0 radical (unpaired) electrons. The van der Waals surface area contributed by atoms with Crippen molar-refractivity contribution >= 4 is 55.5 Å². The number of nitrogens with zero attached hydrogens (tertiary/aromatic N) is 3. The molecule has 7 nitrogen and oxygen atoms in total. The van der Waals surface area contributed by atoms with E-state index in [2.05, 4.69) is 14.8 Å². The normalized spacial score (nSPS) is 17.1. The van der Waals surface area contributed by atoms with Gasteiger partial charge in [-0.15, -0.1) is 27.9 Å². The summed E-state index contributed by atoms with van der Waals surface area (Å²) in [5, 5.41) is 7.24. The summed E-state index contributed by atoms with van der Waals surface area (Å²) in [5.41, 5.74) is 0.331. The van der Waals surface area contributed by atoms with Crippen LogP contribution < -0.4 is 9.91 Å². The first-order valence-corrected chi connectivity index (χ1v) is 16.9. The molecular weight excluding hydrogens is 606 g/mol. The van der Waals surface area contributed by atoms with Crippen molar-refractivity contribution in [1.29, 1.82) is 0 Å². The third kappa shape index (κ3) is 6.74. The Labute approximate surface area is 251 Å². The van der Waals surface area contributed by atoms with E-state index in [1.807, 2.05) is 6.92 Å². The zero-order valence-electron chi connectivity index (χ0n) is 23.2. The van der Waals surface area contributed by atoms with E-state index in [-0.39, 0.29) is 17.1 Å². The molecule has 3 aromatic rings. The van der Waals surface area contributed by atoms with E-state index >= 15 is 0 Å². The van der Waals surface area contributed by atoms with E-state index < -0.39 is 32.4 Å². The van der Waals surface area contributed by atoms with Crippen LogP contribution in [0.15, 0.2) is 87.2 Å². The maximum atomic E-state index is 14.1. The first-order valence-electron chi connectivity index (χ1n) is 13.0. The van der Waals surface area contributed by atoms with Gasteiger partial charge in [-0.25, -0.2) is 4.79 Å². The SMILES string of the molecule is CCCCC1=N[N+](Cc2ccc(-c3ccccc3S(=O)(=O)N=C(SC)SC)cc2)(c2ccccc2C(F)(F)F)C(=O)N1. The Morgan fingerprint density at radius 2 is 1.62 bits per heavy atom.